The Hall–Kier alpha value is -0.700. The van der Waals surface area contributed by atoms with E-state index in [0.29, 0.717) is 0 Å². The molecule has 1 heterocycles. The summed E-state index contributed by atoms with van der Waals surface area (Å²) in [7, 11) is 0. The number of aromatic amines is 1. The highest BCUT2D eigenvalue weighted by Crippen LogP contribution is 2.07. The minimum absolute atomic E-state index is 0.0700. The Morgan fingerprint density at radius 1 is 1.50 bits per heavy atom. The fourth-order valence-corrected chi connectivity index (χ4v) is 1.26. The number of nitrogens with one attached hydrogen (secondary N) is 1. The van der Waals surface area contributed by atoms with E-state index in [9.17, 15) is 4.79 Å². The van der Waals surface area contributed by atoms with Gasteiger partial charge in [0, 0.05) is 17.8 Å². The Kier molecular flexibility index (Phi) is 2.17. The Bertz CT molecular complexity index is 279. The van der Waals surface area contributed by atoms with E-state index in [1.165, 1.54) is 0 Å². The van der Waals surface area contributed by atoms with Gasteiger partial charge in [0.25, 0.3) is 0 Å². The summed E-state index contributed by atoms with van der Waals surface area (Å²) in [4.78, 5) is 13.9. The third-order valence-corrected chi connectivity index (χ3v) is 1.83. The van der Waals surface area contributed by atoms with Crippen LogP contribution in [0.25, 0.3) is 0 Å². The number of aromatic nitrogens is 1. The number of thioether (sulfide) groups is 1. The summed E-state index contributed by atoms with van der Waals surface area (Å²) in [5, 5.41) is 0.921. The molecule has 0 aliphatic heterocycles. The normalized spacial score (nSPS) is 9.80. The van der Waals surface area contributed by atoms with Crippen molar-refractivity contribution in [2.45, 2.75) is 11.9 Å². The van der Waals surface area contributed by atoms with Crippen LogP contribution in [-0.2, 0) is 0 Å². The van der Waals surface area contributed by atoms with E-state index in [1.54, 1.807) is 23.9 Å². The lowest BCUT2D eigenvalue weighted by molar-refractivity contribution is 1.05. The molecule has 0 aliphatic rings. The highest BCUT2D eigenvalue weighted by Gasteiger charge is 1.91. The molecule has 0 radical (unpaired) electrons. The highest BCUT2D eigenvalue weighted by atomic mass is 32.2. The van der Waals surface area contributed by atoms with E-state index in [2.05, 4.69) is 4.98 Å². The average Bonchev–Trinajstić information content (AvgIpc) is 1.85. The summed E-state index contributed by atoms with van der Waals surface area (Å²) in [6, 6.07) is 3.18. The van der Waals surface area contributed by atoms with Gasteiger partial charge in [0.1, 0.15) is 0 Å². The first-order valence-corrected chi connectivity index (χ1v) is 4.20. The van der Waals surface area contributed by atoms with Gasteiger partial charge in [-0.3, -0.25) is 4.79 Å². The smallest absolute Gasteiger partial charge is 0.182 e. The highest BCUT2D eigenvalue weighted by molar-refractivity contribution is 7.98. The van der Waals surface area contributed by atoms with Crippen molar-refractivity contribution in [2.75, 3.05) is 6.26 Å². The molecule has 1 aromatic rings. The number of aryl methyl sites for hydroxylation is 1. The van der Waals surface area contributed by atoms with E-state index in [0.717, 1.165) is 10.7 Å². The van der Waals surface area contributed by atoms with Crippen LogP contribution in [0.5, 0.6) is 0 Å². The third-order valence-electron chi connectivity index (χ3n) is 1.17. The van der Waals surface area contributed by atoms with E-state index in [4.69, 9.17) is 0 Å². The molecular formula is C7H9NOS. The zero-order valence-electron chi connectivity index (χ0n) is 5.97. The topological polar surface area (TPSA) is 32.9 Å². The maximum Gasteiger partial charge on any atom is 0.182 e. The van der Waals surface area contributed by atoms with Gasteiger partial charge in [-0.2, -0.15) is 0 Å². The van der Waals surface area contributed by atoms with Gasteiger partial charge in [0.2, 0.25) is 0 Å². The van der Waals surface area contributed by atoms with Crippen LogP contribution < -0.4 is 5.43 Å². The predicted octanol–water partition coefficient (Wildman–Crippen LogP) is 1.41. The molecule has 1 aromatic heterocycles. The summed E-state index contributed by atoms with van der Waals surface area (Å²) in [6.07, 6.45) is 1.94. The number of rotatable bonds is 1. The lowest BCUT2D eigenvalue weighted by Crippen LogP contribution is -2.00. The van der Waals surface area contributed by atoms with E-state index >= 15 is 0 Å². The molecule has 2 nitrogen and oxygen atoms in total. The Morgan fingerprint density at radius 2 is 2.20 bits per heavy atom. The van der Waals surface area contributed by atoms with Crippen molar-refractivity contribution in [3.63, 3.8) is 0 Å². The molecule has 10 heavy (non-hydrogen) atoms. The molecule has 1 rings (SSSR count). The number of pyridine rings is 1. The molecule has 0 saturated heterocycles. The summed E-state index contributed by atoms with van der Waals surface area (Å²) in [6.45, 7) is 1.88. The van der Waals surface area contributed by atoms with Crippen molar-refractivity contribution < 1.29 is 0 Å². The monoisotopic (exact) mass is 155 g/mol. The van der Waals surface area contributed by atoms with Crippen LogP contribution in [0.2, 0.25) is 0 Å². The molecule has 0 amide bonds. The van der Waals surface area contributed by atoms with Crippen LogP contribution in [0.4, 0.5) is 0 Å². The second-order valence-corrected chi connectivity index (χ2v) is 2.92. The molecule has 0 saturated carbocycles. The summed E-state index contributed by atoms with van der Waals surface area (Å²) < 4.78 is 0. The minimum atomic E-state index is 0.0700. The van der Waals surface area contributed by atoms with Crippen molar-refractivity contribution >= 4 is 11.8 Å². The van der Waals surface area contributed by atoms with Crippen LogP contribution in [0.15, 0.2) is 22.0 Å². The van der Waals surface area contributed by atoms with E-state index in [1.807, 2.05) is 13.2 Å². The number of hydrogen-bond donors (Lipinski definition) is 1. The van der Waals surface area contributed by atoms with E-state index < -0.39 is 0 Å². The predicted molar refractivity (Wildman–Crippen MR) is 43.6 cm³/mol. The maximum absolute atomic E-state index is 10.8. The molecule has 3 heteroatoms. The lowest BCUT2D eigenvalue weighted by Gasteiger charge is -1.96. The fraction of sp³-hybridized carbons (Fsp3) is 0.286. The first kappa shape index (κ1) is 7.41. The van der Waals surface area contributed by atoms with Crippen LogP contribution in [-0.4, -0.2) is 11.2 Å². The second-order valence-electron chi connectivity index (χ2n) is 2.07. The van der Waals surface area contributed by atoms with Gasteiger partial charge >= 0.3 is 0 Å². The van der Waals surface area contributed by atoms with Gasteiger partial charge in [0.05, 0.1) is 5.03 Å². The van der Waals surface area contributed by atoms with Crippen LogP contribution in [0, 0.1) is 6.92 Å². The van der Waals surface area contributed by atoms with Crippen molar-refractivity contribution in [3.05, 3.63) is 28.0 Å². The molecule has 0 fully saturated rings. The SMILES string of the molecule is CSc1cc(=O)cc(C)[nH]1. The van der Waals surface area contributed by atoms with Gasteiger partial charge in [0.15, 0.2) is 5.43 Å². The molecule has 0 spiro atoms. The molecule has 0 aromatic carbocycles. The fourth-order valence-electron chi connectivity index (χ4n) is 0.761. The molecule has 0 bridgehead atoms. The minimum Gasteiger partial charge on any atom is -0.354 e. The molecule has 0 aliphatic carbocycles. The molecule has 0 unspecified atom stereocenters. The summed E-state index contributed by atoms with van der Waals surface area (Å²) in [5.74, 6) is 0. The van der Waals surface area contributed by atoms with Gasteiger partial charge in [-0.25, -0.2) is 0 Å². The maximum atomic E-state index is 10.8. The quantitative estimate of drug-likeness (QED) is 0.622. The van der Waals surface area contributed by atoms with Crippen molar-refractivity contribution in [1.29, 1.82) is 0 Å². The summed E-state index contributed by atoms with van der Waals surface area (Å²) >= 11 is 1.54. The number of hydrogen-bond acceptors (Lipinski definition) is 2. The first-order chi connectivity index (χ1) is 4.72. The van der Waals surface area contributed by atoms with Crippen LogP contribution in [0.1, 0.15) is 5.69 Å². The van der Waals surface area contributed by atoms with Crippen molar-refractivity contribution in [1.82, 2.24) is 4.98 Å². The Balaban J connectivity index is 3.19. The summed E-state index contributed by atoms with van der Waals surface area (Å²) in [5.41, 5.74) is 0.984. The number of H-pyrrole nitrogens is 1. The van der Waals surface area contributed by atoms with Gasteiger partial charge in [-0.15, -0.1) is 11.8 Å². The molecule has 1 N–H and O–H groups in total. The van der Waals surface area contributed by atoms with Gasteiger partial charge in [-0.1, -0.05) is 0 Å². The first-order valence-electron chi connectivity index (χ1n) is 2.97. The Labute approximate surface area is 63.7 Å². The molecular weight excluding hydrogens is 146 g/mol. The van der Waals surface area contributed by atoms with Crippen molar-refractivity contribution in [2.24, 2.45) is 0 Å². The zero-order chi connectivity index (χ0) is 7.56. The average molecular weight is 155 g/mol. The third kappa shape index (κ3) is 1.64. The van der Waals surface area contributed by atoms with Gasteiger partial charge in [-0.05, 0) is 13.2 Å². The standard InChI is InChI=1S/C7H9NOS/c1-5-3-6(9)4-7(8-5)10-2/h3-4H,1-2H3,(H,8,9). The van der Waals surface area contributed by atoms with E-state index in [-0.39, 0.29) is 5.43 Å². The van der Waals surface area contributed by atoms with Crippen LogP contribution >= 0.6 is 11.8 Å². The second kappa shape index (κ2) is 2.92. The molecule has 54 valence electrons. The van der Waals surface area contributed by atoms with Crippen LogP contribution in [0.3, 0.4) is 0 Å². The zero-order valence-corrected chi connectivity index (χ0v) is 6.79. The Morgan fingerprint density at radius 3 is 2.70 bits per heavy atom. The van der Waals surface area contributed by atoms with Gasteiger partial charge < -0.3 is 4.98 Å². The largest absolute Gasteiger partial charge is 0.354 e. The lowest BCUT2D eigenvalue weighted by atomic mass is 10.4. The molecule has 0 atom stereocenters. The van der Waals surface area contributed by atoms with Crippen molar-refractivity contribution in [3.8, 4) is 0 Å².